The fourth-order valence-corrected chi connectivity index (χ4v) is 2.53. The average Bonchev–Trinajstić information content (AvgIpc) is 2.72. The minimum Gasteiger partial charge on any atom is -0.502 e. The Kier molecular flexibility index (Phi) is 7.23. The van der Waals surface area contributed by atoms with Crippen molar-refractivity contribution < 1.29 is 19.4 Å². The maximum Gasteiger partial charge on any atom is 0.262 e. The summed E-state index contributed by atoms with van der Waals surface area (Å²) in [7, 11) is 2.88. The third kappa shape index (κ3) is 5.15. The molecule has 0 aliphatic carbocycles. The van der Waals surface area contributed by atoms with Crippen LogP contribution in [0, 0.1) is 11.3 Å². The van der Waals surface area contributed by atoms with Gasteiger partial charge in [0.15, 0.2) is 11.5 Å². The topological polar surface area (TPSA) is 91.6 Å². The van der Waals surface area contributed by atoms with Gasteiger partial charge in [-0.1, -0.05) is 42.5 Å². The van der Waals surface area contributed by atoms with Crippen molar-refractivity contribution in [1.82, 2.24) is 5.32 Å². The van der Waals surface area contributed by atoms with Gasteiger partial charge in [-0.2, -0.15) is 5.26 Å². The highest BCUT2D eigenvalue weighted by Gasteiger charge is 2.13. The molecule has 6 nitrogen and oxygen atoms in total. The van der Waals surface area contributed by atoms with Crippen LogP contribution in [0.3, 0.4) is 0 Å². The van der Waals surface area contributed by atoms with Gasteiger partial charge in [-0.3, -0.25) is 4.79 Å². The lowest BCUT2D eigenvalue weighted by molar-refractivity contribution is -0.117. The van der Waals surface area contributed by atoms with E-state index >= 15 is 0 Å². The molecule has 0 radical (unpaired) electrons. The van der Waals surface area contributed by atoms with Crippen LogP contribution >= 0.6 is 0 Å². The monoisotopic (exact) mass is 378 g/mol. The van der Waals surface area contributed by atoms with Crippen molar-refractivity contribution in [2.24, 2.45) is 0 Å². The maximum absolute atomic E-state index is 12.3. The largest absolute Gasteiger partial charge is 0.502 e. The van der Waals surface area contributed by atoms with Crippen molar-refractivity contribution in [2.75, 3.05) is 14.2 Å². The molecule has 0 aliphatic heterocycles. The van der Waals surface area contributed by atoms with Crippen molar-refractivity contribution in [3.63, 3.8) is 0 Å². The summed E-state index contributed by atoms with van der Waals surface area (Å²) >= 11 is 0. The Morgan fingerprint density at radius 2 is 1.79 bits per heavy atom. The number of allylic oxidation sites excluding steroid dienone is 2. The molecule has 6 heteroatoms. The van der Waals surface area contributed by atoms with Gasteiger partial charge in [0.1, 0.15) is 11.6 Å². The van der Waals surface area contributed by atoms with Gasteiger partial charge in [0.25, 0.3) is 5.91 Å². The van der Waals surface area contributed by atoms with E-state index < -0.39 is 5.91 Å². The molecule has 0 saturated heterocycles. The molecule has 1 amide bonds. The predicted molar refractivity (Wildman–Crippen MR) is 107 cm³/mol. The lowest BCUT2D eigenvalue weighted by atomic mass is 10.1. The fraction of sp³-hybridized carbons (Fsp3) is 0.182. The molecule has 0 aromatic heterocycles. The number of nitrogens with one attached hydrogen (secondary N) is 1. The zero-order chi connectivity index (χ0) is 20.5. The van der Waals surface area contributed by atoms with E-state index in [1.54, 1.807) is 24.3 Å². The first-order valence-electron chi connectivity index (χ1n) is 8.59. The van der Waals surface area contributed by atoms with Crippen LogP contribution in [-0.4, -0.2) is 25.2 Å². The van der Waals surface area contributed by atoms with Crippen molar-refractivity contribution in [3.05, 3.63) is 71.3 Å². The Hall–Kier alpha value is -3.72. The molecule has 1 atom stereocenters. The number of benzene rings is 2. The summed E-state index contributed by atoms with van der Waals surface area (Å²) in [4.78, 5) is 12.3. The average molecular weight is 378 g/mol. The van der Waals surface area contributed by atoms with Crippen LogP contribution in [0.5, 0.6) is 17.2 Å². The molecule has 1 unspecified atom stereocenters. The van der Waals surface area contributed by atoms with Crippen LogP contribution in [0.2, 0.25) is 0 Å². The van der Waals surface area contributed by atoms with Gasteiger partial charge in [0.05, 0.1) is 20.3 Å². The summed E-state index contributed by atoms with van der Waals surface area (Å²) in [5.74, 6) is -0.0233. The Labute approximate surface area is 164 Å². The summed E-state index contributed by atoms with van der Waals surface area (Å²) in [5, 5.41) is 22.0. The van der Waals surface area contributed by atoms with Gasteiger partial charge in [0.2, 0.25) is 5.75 Å². The van der Waals surface area contributed by atoms with E-state index in [0.717, 1.165) is 5.56 Å². The second-order valence-electron chi connectivity index (χ2n) is 5.93. The van der Waals surface area contributed by atoms with Crippen LogP contribution in [0.4, 0.5) is 0 Å². The summed E-state index contributed by atoms with van der Waals surface area (Å²) in [6, 6.07) is 14.4. The molecule has 0 bridgehead atoms. The molecule has 2 rings (SSSR count). The van der Waals surface area contributed by atoms with Gasteiger partial charge in [0, 0.05) is 0 Å². The van der Waals surface area contributed by atoms with E-state index in [1.165, 1.54) is 20.3 Å². The minimum absolute atomic E-state index is 0.0169. The van der Waals surface area contributed by atoms with E-state index in [-0.39, 0.29) is 28.9 Å². The Morgan fingerprint density at radius 3 is 2.32 bits per heavy atom. The number of carbonyl (C=O) groups excluding carboxylic acids is 1. The molecule has 2 aromatic carbocycles. The van der Waals surface area contributed by atoms with Crippen molar-refractivity contribution >= 4 is 12.0 Å². The first kappa shape index (κ1) is 20.6. The zero-order valence-corrected chi connectivity index (χ0v) is 16.0. The summed E-state index contributed by atoms with van der Waals surface area (Å²) < 4.78 is 10.2. The van der Waals surface area contributed by atoms with Gasteiger partial charge in [-0.05, 0) is 36.3 Å². The number of carbonyl (C=O) groups is 1. The summed E-state index contributed by atoms with van der Waals surface area (Å²) in [5.41, 5.74) is 1.61. The number of phenolic OH excluding ortho intramolecular Hbond substituents is 1. The molecule has 144 valence electrons. The lowest BCUT2D eigenvalue weighted by Crippen LogP contribution is -2.27. The lowest BCUT2D eigenvalue weighted by Gasteiger charge is -2.13. The Bertz CT molecular complexity index is 902. The number of rotatable bonds is 7. The van der Waals surface area contributed by atoms with Crippen LogP contribution in [0.15, 0.2) is 60.2 Å². The molecule has 0 aliphatic rings. The third-order valence-corrected chi connectivity index (χ3v) is 4.07. The van der Waals surface area contributed by atoms with Crippen LogP contribution in [-0.2, 0) is 4.79 Å². The van der Waals surface area contributed by atoms with Crippen molar-refractivity contribution in [3.8, 4) is 23.3 Å². The molecule has 0 heterocycles. The number of nitriles is 1. The number of ether oxygens (including phenoxy) is 2. The normalized spacial score (nSPS) is 12.3. The summed E-state index contributed by atoms with van der Waals surface area (Å²) in [6.07, 6.45) is 4.69. The number of phenols is 1. The standard InChI is InChI=1S/C22H22N2O4/c1-15(17-9-5-4-6-10-17)24-22(26)18(14-23)11-7-8-16-12-19(27-2)21(25)20(13-16)28-3/h4-13,15,25H,1-3H3,(H,24,26). The SMILES string of the molecule is COc1cc(C=CC=C(C#N)C(=O)NC(C)c2ccccc2)cc(OC)c1O. The highest BCUT2D eigenvalue weighted by atomic mass is 16.5. The number of aromatic hydroxyl groups is 1. The minimum atomic E-state index is -0.454. The van der Waals surface area contributed by atoms with E-state index in [9.17, 15) is 15.2 Å². The summed E-state index contributed by atoms with van der Waals surface area (Å²) in [6.45, 7) is 1.85. The van der Waals surface area contributed by atoms with Crippen LogP contribution in [0.25, 0.3) is 6.08 Å². The molecule has 0 fully saturated rings. The Morgan fingerprint density at radius 1 is 1.18 bits per heavy atom. The van der Waals surface area contributed by atoms with E-state index in [4.69, 9.17) is 9.47 Å². The number of nitrogens with zero attached hydrogens (tertiary/aromatic N) is 1. The number of methoxy groups -OCH3 is 2. The molecule has 2 N–H and O–H groups in total. The first-order chi connectivity index (χ1) is 13.5. The van der Waals surface area contributed by atoms with Gasteiger partial charge in [-0.15, -0.1) is 0 Å². The van der Waals surface area contributed by atoms with Crippen LogP contribution < -0.4 is 14.8 Å². The quantitative estimate of drug-likeness (QED) is 0.435. The number of hydrogen-bond acceptors (Lipinski definition) is 5. The molecular weight excluding hydrogens is 356 g/mol. The van der Waals surface area contributed by atoms with Gasteiger partial charge >= 0.3 is 0 Å². The maximum atomic E-state index is 12.3. The van der Waals surface area contributed by atoms with E-state index in [2.05, 4.69) is 5.32 Å². The van der Waals surface area contributed by atoms with Gasteiger partial charge < -0.3 is 19.9 Å². The first-order valence-corrected chi connectivity index (χ1v) is 8.59. The van der Waals surface area contributed by atoms with Crippen molar-refractivity contribution in [1.29, 1.82) is 5.26 Å². The number of hydrogen-bond donors (Lipinski definition) is 2. The molecular formula is C22H22N2O4. The molecule has 2 aromatic rings. The second kappa shape index (κ2) is 9.83. The second-order valence-corrected chi connectivity index (χ2v) is 5.93. The van der Waals surface area contributed by atoms with Crippen molar-refractivity contribution in [2.45, 2.75) is 13.0 Å². The number of amides is 1. The predicted octanol–water partition coefficient (Wildman–Crippen LogP) is 3.75. The Balaban J connectivity index is 2.14. The van der Waals surface area contributed by atoms with E-state index in [0.29, 0.717) is 5.56 Å². The van der Waals surface area contributed by atoms with E-state index in [1.807, 2.05) is 43.3 Å². The molecule has 0 saturated carbocycles. The van der Waals surface area contributed by atoms with Gasteiger partial charge in [-0.25, -0.2) is 0 Å². The highest BCUT2D eigenvalue weighted by molar-refractivity contribution is 5.97. The third-order valence-electron chi connectivity index (χ3n) is 4.07. The smallest absolute Gasteiger partial charge is 0.262 e. The molecule has 0 spiro atoms. The zero-order valence-electron chi connectivity index (χ0n) is 16.0. The molecule has 28 heavy (non-hydrogen) atoms. The van der Waals surface area contributed by atoms with Crippen LogP contribution in [0.1, 0.15) is 24.1 Å². The highest BCUT2D eigenvalue weighted by Crippen LogP contribution is 2.37. The fourth-order valence-electron chi connectivity index (χ4n) is 2.53.